The third-order valence-corrected chi connectivity index (χ3v) is 5.41. The number of ether oxygens (including phenoxy) is 1. The summed E-state index contributed by atoms with van der Waals surface area (Å²) < 4.78 is 6.78. The molecule has 2 fully saturated rings. The number of benzene rings is 1. The van der Waals surface area contributed by atoms with Crippen molar-refractivity contribution < 1.29 is 4.74 Å². The van der Waals surface area contributed by atoms with Crippen molar-refractivity contribution in [2.45, 2.75) is 25.2 Å². The molecular weight excluding hydrogens is 302 g/mol. The van der Waals surface area contributed by atoms with E-state index < -0.39 is 0 Å². The monoisotopic (exact) mass is 323 g/mol. The van der Waals surface area contributed by atoms with Crippen molar-refractivity contribution in [3.8, 4) is 0 Å². The molecule has 0 radical (unpaired) electrons. The Labute approximate surface area is 124 Å². The zero-order chi connectivity index (χ0) is 13.3. The largest absolute Gasteiger partial charge is 0.384 e. The fourth-order valence-corrected chi connectivity index (χ4v) is 4.06. The lowest BCUT2D eigenvalue weighted by atomic mass is 9.65. The Morgan fingerprint density at radius 1 is 1.32 bits per heavy atom. The van der Waals surface area contributed by atoms with E-state index in [-0.39, 0.29) is 0 Å². The van der Waals surface area contributed by atoms with E-state index in [2.05, 4.69) is 45.5 Å². The Hall–Kier alpha value is -0.380. The molecule has 19 heavy (non-hydrogen) atoms. The maximum absolute atomic E-state index is 5.62. The molecule has 1 saturated carbocycles. The summed E-state index contributed by atoms with van der Waals surface area (Å²) in [5.41, 5.74) is 1.81. The molecule has 1 aromatic carbocycles. The molecule has 1 heterocycles. The first kappa shape index (κ1) is 13.6. The van der Waals surface area contributed by atoms with E-state index in [1.165, 1.54) is 24.8 Å². The van der Waals surface area contributed by atoms with Crippen LogP contribution >= 0.6 is 15.9 Å². The lowest BCUT2D eigenvalue weighted by molar-refractivity contribution is 0.0184. The topological polar surface area (TPSA) is 21.3 Å². The standard InChI is InChI=1S/C16H22BrNO/c1-19-11-16(13-4-5-13)8-9-18-10-15(16)12-2-6-14(17)7-3-12/h2-3,6-7,13,15,18H,4-5,8-11H2,1H3. The molecule has 0 aromatic heterocycles. The maximum atomic E-state index is 5.62. The highest BCUT2D eigenvalue weighted by atomic mass is 79.9. The molecular formula is C16H22BrNO. The van der Waals surface area contributed by atoms with Crippen LogP contribution in [0.15, 0.2) is 28.7 Å². The van der Waals surface area contributed by atoms with Gasteiger partial charge in [-0.15, -0.1) is 0 Å². The average molecular weight is 324 g/mol. The van der Waals surface area contributed by atoms with Crippen LogP contribution < -0.4 is 5.32 Å². The molecule has 2 aliphatic rings. The zero-order valence-electron chi connectivity index (χ0n) is 11.5. The van der Waals surface area contributed by atoms with Crippen LogP contribution in [0.5, 0.6) is 0 Å². The molecule has 3 rings (SSSR count). The number of nitrogens with one attached hydrogen (secondary N) is 1. The van der Waals surface area contributed by atoms with Crippen LogP contribution in [-0.2, 0) is 4.74 Å². The smallest absolute Gasteiger partial charge is 0.0528 e. The van der Waals surface area contributed by atoms with Gasteiger partial charge in [0.25, 0.3) is 0 Å². The first-order chi connectivity index (χ1) is 9.26. The van der Waals surface area contributed by atoms with Crippen LogP contribution in [0.3, 0.4) is 0 Å². The summed E-state index contributed by atoms with van der Waals surface area (Å²) in [6.07, 6.45) is 4.01. The van der Waals surface area contributed by atoms with Gasteiger partial charge < -0.3 is 10.1 Å². The first-order valence-corrected chi connectivity index (χ1v) is 8.01. The van der Waals surface area contributed by atoms with Gasteiger partial charge in [-0.3, -0.25) is 0 Å². The van der Waals surface area contributed by atoms with E-state index >= 15 is 0 Å². The Morgan fingerprint density at radius 3 is 2.68 bits per heavy atom. The van der Waals surface area contributed by atoms with E-state index in [0.717, 1.165) is 30.1 Å². The van der Waals surface area contributed by atoms with E-state index in [1.54, 1.807) is 0 Å². The average Bonchev–Trinajstić information content (AvgIpc) is 3.25. The van der Waals surface area contributed by atoms with Gasteiger partial charge in [0.15, 0.2) is 0 Å². The van der Waals surface area contributed by atoms with Crippen molar-refractivity contribution in [1.29, 1.82) is 0 Å². The number of hydrogen-bond donors (Lipinski definition) is 1. The summed E-state index contributed by atoms with van der Waals surface area (Å²) in [7, 11) is 1.85. The lowest BCUT2D eigenvalue weighted by Crippen LogP contribution is -2.47. The molecule has 1 N–H and O–H groups in total. The normalized spacial score (nSPS) is 31.4. The summed E-state index contributed by atoms with van der Waals surface area (Å²) in [5.74, 6) is 1.45. The van der Waals surface area contributed by atoms with Crippen molar-refractivity contribution in [2.24, 2.45) is 11.3 Å². The van der Waals surface area contributed by atoms with Crippen molar-refractivity contribution in [2.75, 3.05) is 26.8 Å². The second-order valence-electron chi connectivity index (χ2n) is 6.00. The minimum atomic E-state index is 0.355. The molecule has 0 spiro atoms. The summed E-state index contributed by atoms with van der Waals surface area (Å²) >= 11 is 3.53. The number of methoxy groups -OCH3 is 1. The van der Waals surface area contributed by atoms with Gasteiger partial charge in [-0.2, -0.15) is 0 Å². The first-order valence-electron chi connectivity index (χ1n) is 7.21. The molecule has 0 amide bonds. The summed E-state index contributed by atoms with van der Waals surface area (Å²) in [6, 6.07) is 8.87. The highest BCUT2D eigenvalue weighted by molar-refractivity contribution is 9.10. The number of piperidine rings is 1. The molecule has 3 heteroatoms. The van der Waals surface area contributed by atoms with Gasteiger partial charge in [0.05, 0.1) is 6.61 Å². The van der Waals surface area contributed by atoms with Gasteiger partial charge in [0, 0.05) is 29.5 Å². The van der Waals surface area contributed by atoms with Gasteiger partial charge in [-0.05, 0) is 49.4 Å². The summed E-state index contributed by atoms with van der Waals surface area (Å²) in [5, 5.41) is 3.58. The maximum Gasteiger partial charge on any atom is 0.0528 e. The minimum Gasteiger partial charge on any atom is -0.384 e. The highest BCUT2D eigenvalue weighted by Crippen LogP contribution is 2.56. The van der Waals surface area contributed by atoms with Crippen LogP contribution in [0.4, 0.5) is 0 Å². The van der Waals surface area contributed by atoms with Crippen molar-refractivity contribution >= 4 is 15.9 Å². The predicted molar refractivity (Wildman–Crippen MR) is 81.4 cm³/mol. The number of halogens is 1. The van der Waals surface area contributed by atoms with E-state index in [0.29, 0.717) is 11.3 Å². The van der Waals surface area contributed by atoms with Gasteiger partial charge in [-0.1, -0.05) is 28.1 Å². The zero-order valence-corrected chi connectivity index (χ0v) is 13.1. The second kappa shape index (κ2) is 5.55. The summed E-state index contributed by atoms with van der Waals surface area (Å²) in [4.78, 5) is 0. The van der Waals surface area contributed by atoms with Gasteiger partial charge in [-0.25, -0.2) is 0 Å². The van der Waals surface area contributed by atoms with Gasteiger partial charge in [0.2, 0.25) is 0 Å². The minimum absolute atomic E-state index is 0.355. The van der Waals surface area contributed by atoms with Gasteiger partial charge >= 0.3 is 0 Å². The Balaban J connectivity index is 1.93. The fourth-order valence-electron chi connectivity index (χ4n) is 3.80. The lowest BCUT2D eigenvalue weighted by Gasteiger charge is -2.45. The molecule has 2 atom stereocenters. The molecule has 1 saturated heterocycles. The molecule has 1 aliphatic carbocycles. The van der Waals surface area contributed by atoms with E-state index in [4.69, 9.17) is 4.74 Å². The Kier molecular flexibility index (Phi) is 3.97. The fraction of sp³-hybridized carbons (Fsp3) is 0.625. The number of hydrogen-bond acceptors (Lipinski definition) is 2. The van der Waals surface area contributed by atoms with Crippen LogP contribution in [-0.4, -0.2) is 26.8 Å². The molecule has 2 unspecified atom stereocenters. The predicted octanol–water partition coefficient (Wildman–Crippen LogP) is 3.57. The SMILES string of the molecule is COCC1(C2CC2)CCNCC1c1ccc(Br)cc1. The number of rotatable bonds is 4. The van der Waals surface area contributed by atoms with Crippen molar-refractivity contribution in [3.05, 3.63) is 34.3 Å². The van der Waals surface area contributed by atoms with E-state index in [1.807, 2.05) is 7.11 Å². The quantitative estimate of drug-likeness (QED) is 0.914. The highest BCUT2D eigenvalue weighted by Gasteiger charge is 2.51. The van der Waals surface area contributed by atoms with Crippen LogP contribution in [0.2, 0.25) is 0 Å². The van der Waals surface area contributed by atoms with Gasteiger partial charge in [0.1, 0.15) is 0 Å². The van der Waals surface area contributed by atoms with Crippen molar-refractivity contribution in [3.63, 3.8) is 0 Å². The Morgan fingerprint density at radius 2 is 2.05 bits per heavy atom. The molecule has 2 nitrogen and oxygen atoms in total. The summed E-state index contributed by atoms with van der Waals surface area (Å²) in [6.45, 7) is 3.12. The van der Waals surface area contributed by atoms with E-state index in [9.17, 15) is 0 Å². The Bertz CT molecular complexity index is 425. The van der Waals surface area contributed by atoms with Crippen LogP contribution in [0, 0.1) is 11.3 Å². The molecule has 104 valence electrons. The second-order valence-corrected chi connectivity index (χ2v) is 6.91. The molecule has 1 aliphatic heterocycles. The third kappa shape index (κ3) is 2.61. The molecule has 0 bridgehead atoms. The van der Waals surface area contributed by atoms with Crippen molar-refractivity contribution in [1.82, 2.24) is 5.32 Å². The van der Waals surface area contributed by atoms with Crippen LogP contribution in [0.25, 0.3) is 0 Å². The molecule has 1 aromatic rings. The third-order valence-electron chi connectivity index (χ3n) is 4.89. The van der Waals surface area contributed by atoms with Crippen LogP contribution in [0.1, 0.15) is 30.7 Å².